The maximum Gasteiger partial charge on any atom is 0.275 e. The summed E-state index contributed by atoms with van der Waals surface area (Å²) < 4.78 is 7.66. The van der Waals surface area contributed by atoms with Crippen LogP contribution in [0.25, 0.3) is 22.0 Å². The predicted octanol–water partition coefficient (Wildman–Crippen LogP) is 6.75. The molecule has 0 amide bonds. The minimum atomic E-state index is -0.0663. The second-order valence-corrected chi connectivity index (χ2v) is 9.74. The molecular weight excluding hydrogens is 428 g/mol. The fraction of sp³-hybridized carbons (Fsp3) is 0.214. The molecule has 168 valence electrons. The van der Waals surface area contributed by atoms with Gasteiger partial charge >= 0.3 is 0 Å². The Morgan fingerprint density at radius 3 is 2.33 bits per heavy atom. The van der Waals surface area contributed by atoms with Gasteiger partial charge in [-0.25, -0.2) is 4.68 Å². The Kier molecular flexibility index (Phi) is 6.70. The monoisotopic (exact) mass is 456 g/mol. The molecule has 5 heteroatoms. The van der Waals surface area contributed by atoms with E-state index in [1.54, 1.807) is 11.8 Å². The fourth-order valence-electron chi connectivity index (χ4n) is 3.64. The molecule has 2 aromatic carbocycles. The van der Waals surface area contributed by atoms with Crippen molar-refractivity contribution < 1.29 is 4.74 Å². The third-order valence-corrected chi connectivity index (χ3v) is 5.93. The Bertz CT molecular complexity index is 1340. The number of rotatable bonds is 5. The number of nitrogens with zero attached hydrogens (tertiary/aromatic N) is 2. The lowest BCUT2D eigenvalue weighted by Crippen LogP contribution is -2.22. The third kappa shape index (κ3) is 5.20. The van der Waals surface area contributed by atoms with E-state index in [9.17, 15) is 4.79 Å². The molecule has 0 atom stereocenters. The molecule has 1 aliphatic rings. The van der Waals surface area contributed by atoms with Crippen molar-refractivity contribution in [2.45, 2.75) is 26.6 Å². The summed E-state index contributed by atoms with van der Waals surface area (Å²) >= 11 is 1.57. The number of ether oxygens (including phenoxy) is 1. The predicted molar refractivity (Wildman–Crippen MR) is 139 cm³/mol. The number of hydrogen-bond donors (Lipinski definition) is 0. The Morgan fingerprint density at radius 1 is 0.939 bits per heavy atom. The Balaban J connectivity index is 1.63. The first-order chi connectivity index (χ1) is 15.9. The number of hydrogen-bond acceptors (Lipinski definition) is 4. The van der Waals surface area contributed by atoms with Crippen LogP contribution < -0.4 is 10.3 Å². The van der Waals surface area contributed by atoms with Crippen LogP contribution in [-0.4, -0.2) is 16.0 Å². The molecule has 3 aromatic rings. The van der Waals surface area contributed by atoms with Crippen molar-refractivity contribution in [3.63, 3.8) is 0 Å². The first-order valence-corrected chi connectivity index (χ1v) is 12.3. The highest BCUT2D eigenvalue weighted by Gasteiger charge is 2.15. The zero-order valence-corrected chi connectivity index (χ0v) is 20.2. The zero-order valence-electron chi connectivity index (χ0n) is 19.4. The normalized spacial score (nSPS) is 16.5. The van der Waals surface area contributed by atoms with Gasteiger partial charge in [-0.1, -0.05) is 63.3 Å². The highest BCUT2D eigenvalue weighted by atomic mass is 32.2. The minimum absolute atomic E-state index is 0.0630. The van der Waals surface area contributed by atoms with Gasteiger partial charge < -0.3 is 4.74 Å². The van der Waals surface area contributed by atoms with Crippen LogP contribution in [0, 0.1) is 5.41 Å². The quantitative estimate of drug-likeness (QED) is 0.426. The molecule has 0 bridgehead atoms. The lowest BCUT2D eigenvalue weighted by atomic mass is 9.85. The average Bonchev–Trinajstić information content (AvgIpc) is 2.77. The van der Waals surface area contributed by atoms with Gasteiger partial charge in [0.15, 0.2) is 0 Å². The van der Waals surface area contributed by atoms with E-state index in [2.05, 4.69) is 38.0 Å². The molecule has 0 spiro atoms. The van der Waals surface area contributed by atoms with E-state index in [4.69, 9.17) is 4.74 Å². The van der Waals surface area contributed by atoms with Crippen molar-refractivity contribution in [2.75, 3.05) is 6.26 Å². The summed E-state index contributed by atoms with van der Waals surface area (Å²) in [5.41, 5.74) is 2.96. The number of benzene rings is 2. The van der Waals surface area contributed by atoms with Crippen LogP contribution in [0.15, 0.2) is 101 Å². The van der Waals surface area contributed by atoms with Crippen LogP contribution in [0.3, 0.4) is 0 Å². The van der Waals surface area contributed by atoms with E-state index in [1.807, 2.05) is 79.1 Å². The number of thioether (sulfide) groups is 1. The molecule has 4 nitrogen and oxygen atoms in total. The molecule has 4 rings (SSSR count). The summed E-state index contributed by atoms with van der Waals surface area (Å²) in [4.78, 5) is 12.8. The van der Waals surface area contributed by atoms with Crippen LogP contribution >= 0.6 is 11.8 Å². The standard InChI is InChI=1S/C28H28N2O2S/c1-28(2,3)21-9-5-6-10-22(18-15-21)32-23-16-13-20(14-17-23)26-24-11-7-8-12-25(24)27(31)30(29-26)19-33-4/h5-18H,19H2,1-4H3/b6-5-,9-5?,10-6?,18-15?,21-9+,21-15?,22-10?,22-18?. The van der Waals surface area contributed by atoms with Crippen molar-refractivity contribution in [3.8, 4) is 17.0 Å². The van der Waals surface area contributed by atoms with E-state index in [-0.39, 0.29) is 11.0 Å². The molecule has 0 unspecified atom stereocenters. The van der Waals surface area contributed by atoms with Crippen molar-refractivity contribution in [1.82, 2.24) is 9.78 Å². The minimum Gasteiger partial charge on any atom is -0.457 e. The van der Waals surface area contributed by atoms with Crippen molar-refractivity contribution >= 4 is 22.5 Å². The van der Waals surface area contributed by atoms with Crippen molar-refractivity contribution in [3.05, 3.63) is 107 Å². The molecule has 0 fully saturated rings. The average molecular weight is 457 g/mol. The molecule has 0 saturated heterocycles. The molecule has 0 saturated carbocycles. The van der Waals surface area contributed by atoms with Crippen LogP contribution in [0.5, 0.6) is 5.75 Å². The second-order valence-electron chi connectivity index (χ2n) is 8.90. The topological polar surface area (TPSA) is 44.1 Å². The van der Waals surface area contributed by atoms with Gasteiger partial charge in [0, 0.05) is 10.9 Å². The highest BCUT2D eigenvalue weighted by molar-refractivity contribution is 7.97. The SMILES string of the molecule is CSCn1nc(-c2ccc(OC3=C/C=C\C=C(\C(C)(C)C)C=C3)cc2)c2ccccc2c1=O. The van der Waals surface area contributed by atoms with Gasteiger partial charge in [0.25, 0.3) is 5.56 Å². The Labute approximate surface area is 199 Å². The summed E-state index contributed by atoms with van der Waals surface area (Å²) in [5, 5.41) is 6.19. The van der Waals surface area contributed by atoms with E-state index in [0.717, 1.165) is 28.2 Å². The lowest BCUT2D eigenvalue weighted by Gasteiger charge is -2.20. The summed E-state index contributed by atoms with van der Waals surface area (Å²) in [6.07, 6.45) is 14.2. The van der Waals surface area contributed by atoms with Gasteiger partial charge in [-0.15, -0.1) is 11.8 Å². The molecule has 33 heavy (non-hydrogen) atoms. The van der Waals surface area contributed by atoms with Crippen molar-refractivity contribution in [1.29, 1.82) is 0 Å². The lowest BCUT2D eigenvalue weighted by molar-refractivity contribution is 0.444. The smallest absolute Gasteiger partial charge is 0.275 e. The van der Waals surface area contributed by atoms with Gasteiger partial charge in [0.1, 0.15) is 11.5 Å². The molecule has 1 aromatic heterocycles. The molecule has 0 N–H and O–H groups in total. The Hall–Kier alpha value is -3.31. The van der Waals surface area contributed by atoms with Gasteiger partial charge in [-0.2, -0.15) is 5.10 Å². The summed E-state index contributed by atoms with van der Waals surface area (Å²) in [5.74, 6) is 2.02. The third-order valence-electron chi connectivity index (χ3n) is 5.42. The zero-order chi connectivity index (χ0) is 23.4. The molecule has 1 heterocycles. The van der Waals surface area contributed by atoms with Gasteiger partial charge in [-0.3, -0.25) is 4.79 Å². The molecule has 0 aliphatic heterocycles. The largest absolute Gasteiger partial charge is 0.457 e. The summed E-state index contributed by atoms with van der Waals surface area (Å²) in [6, 6.07) is 15.5. The molecular formula is C28H28N2O2S. The van der Waals surface area contributed by atoms with Gasteiger partial charge in [-0.05, 0) is 59.7 Å². The van der Waals surface area contributed by atoms with Gasteiger partial charge in [0.05, 0.1) is 17.0 Å². The number of fused-ring (bicyclic) bond motifs is 1. The first kappa shape index (κ1) is 22.9. The molecule has 1 aliphatic carbocycles. The maximum atomic E-state index is 12.8. The van der Waals surface area contributed by atoms with E-state index in [0.29, 0.717) is 11.3 Å². The number of allylic oxidation sites excluding steroid dienone is 7. The fourth-order valence-corrected chi connectivity index (χ4v) is 4.06. The van der Waals surface area contributed by atoms with Crippen LogP contribution in [0.2, 0.25) is 0 Å². The van der Waals surface area contributed by atoms with E-state index in [1.165, 1.54) is 10.3 Å². The van der Waals surface area contributed by atoms with Crippen LogP contribution in [0.4, 0.5) is 0 Å². The van der Waals surface area contributed by atoms with Crippen molar-refractivity contribution in [2.24, 2.45) is 5.41 Å². The van der Waals surface area contributed by atoms with E-state index < -0.39 is 0 Å². The summed E-state index contributed by atoms with van der Waals surface area (Å²) in [6.45, 7) is 6.59. The maximum absolute atomic E-state index is 12.8. The van der Waals surface area contributed by atoms with Crippen LogP contribution in [0.1, 0.15) is 20.8 Å². The van der Waals surface area contributed by atoms with Gasteiger partial charge in [0.2, 0.25) is 0 Å². The first-order valence-electron chi connectivity index (χ1n) is 10.9. The number of aromatic nitrogens is 2. The van der Waals surface area contributed by atoms with Crippen LogP contribution in [-0.2, 0) is 5.88 Å². The Morgan fingerprint density at radius 2 is 1.64 bits per heavy atom. The highest BCUT2D eigenvalue weighted by Crippen LogP contribution is 2.29. The van der Waals surface area contributed by atoms with E-state index >= 15 is 0 Å². The summed E-state index contributed by atoms with van der Waals surface area (Å²) in [7, 11) is 0. The molecule has 0 radical (unpaired) electrons. The second kappa shape index (κ2) is 9.67.